The van der Waals surface area contributed by atoms with Crippen LogP contribution in [0.15, 0.2) is 15.8 Å². The number of aromatic nitrogens is 3. The molecule has 13 heavy (non-hydrogen) atoms. The lowest BCUT2D eigenvalue weighted by atomic mass is 10.6. The molecule has 0 atom stereocenters. The second-order valence-electron chi connectivity index (χ2n) is 2.21. The minimum absolute atomic E-state index is 0.0208. The molecule has 0 radical (unpaired) electrons. The van der Waals surface area contributed by atoms with Crippen molar-refractivity contribution in [2.45, 2.75) is 12.7 Å². The van der Waals surface area contributed by atoms with Crippen molar-refractivity contribution in [2.24, 2.45) is 0 Å². The number of halogens is 3. The molecule has 0 saturated carbocycles. The van der Waals surface area contributed by atoms with Gasteiger partial charge < -0.3 is 0 Å². The molecule has 1 aromatic rings. The normalized spacial score (nSPS) is 11.6. The molecule has 1 N–H and O–H groups in total. The topological polar surface area (TPSA) is 67.8 Å². The van der Waals surface area contributed by atoms with Gasteiger partial charge in [0.2, 0.25) is 0 Å². The maximum atomic E-state index is 11.8. The van der Waals surface area contributed by atoms with Crippen LogP contribution < -0.4 is 11.2 Å². The molecule has 0 spiro atoms. The van der Waals surface area contributed by atoms with E-state index in [-0.39, 0.29) is 4.57 Å². The van der Waals surface area contributed by atoms with E-state index in [2.05, 4.69) is 5.10 Å². The van der Waals surface area contributed by atoms with Crippen LogP contribution in [0.3, 0.4) is 0 Å². The molecule has 1 aromatic heterocycles. The molecule has 0 aliphatic carbocycles. The zero-order chi connectivity index (χ0) is 10.1. The molecule has 0 saturated heterocycles. The molecule has 0 bridgehead atoms. The molecule has 0 unspecified atom stereocenters. The minimum Gasteiger partial charge on any atom is -0.267 e. The van der Waals surface area contributed by atoms with E-state index in [0.717, 1.165) is 0 Å². The first-order valence-electron chi connectivity index (χ1n) is 3.11. The van der Waals surface area contributed by atoms with Crippen molar-refractivity contribution in [3.8, 4) is 0 Å². The predicted molar refractivity (Wildman–Crippen MR) is 35.2 cm³/mol. The largest absolute Gasteiger partial charge is 0.406 e. The SMILES string of the molecule is O=c1cn[nH]c(=O)n1CC(F)(F)F. The molecule has 72 valence electrons. The third-order valence-corrected chi connectivity index (χ3v) is 1.18. The third-order valence-electron chi connectivity index (χ3n) is 1.18. The molecule has 0 fully saturated rings. The minimum atomic E-state index is -4.60. The standard InChI is InChI=1S/C5H4F3N3O2/c6-5(7,8)2-11-3(12)1-9-10-4(11)13/h1H,2H2,(H,10,13). The fourth-order valence-corrected chi connectivity index (χ4v) is 0.702. The Morgan fingerprint density at radius 1 is 1.46 bits per heavy atom. The lowest BCUT2D eigenvalue weighted by Crippen LogP contribution is -2.39. The Labute approximate surface area is 68.8 Å². The molecule has 0 amide bonds. The Morgan fingerprint density at radius 3 is 2.54 bits per heavy atom. The third kappa shape index (κ3) is 2.42. The zero-order valence-electron chi connectivity index (χ0n) is 6.13. The first-order valence-corrected chi connectivity index (χ1v) is 3.11. The lowest BCUT2D eigenvalue weighted by Gasteiger charge is -2.06. The number of H-pyrrole nitrogens is 1. The second kappa shape index (κ2) is 3.04. The van der Waals surface area contributed by atoms with E-state index in [1.54, 1.807) is 5.10 Å². The van der Waals surface area contributed by atoms with Crippen LogP contribution in [0, 0.1) is 0 Å². The first kappa shape index (κ1) is 9.49. The maximum absolute atomic E-state index is 11.8. The molecule has 1 heterocycles. The zero-order valence-corrected chi connectivity index (χ0v) is 6.13. The number of aromatic amines is 1. The van der Waals surface area contributed by atoms with E-state index >= 15 is 0 Å². The highest BCUT2D eigenvalue weighted by molar-refractivity contribution is 4.74. The van der Waals surface area contributed by atoms with Gasteiger partial charge in [0.1, 0.15) is 12.7 Å². The van der Waals surface area contributed by atoms with Crippen LogP contribution in [0.2, 0.25) is 0 Å². The molecular formula is C5H4F3N3O2. The van der Waals surface area contributed by atoms with E-state index in [4.69, 9.17) is 0 Å². The Kier molecular flexibility index (Phi) is 2.22. The van der Waals surface area contributed by atoms with E-state index in [1.165, 1.54) is 0 Å². The van der Waals surface area contributed by atoms with Crippen molar-refractivity contribution < 1.29 is 13.2 Å². The van der Waals surface area contributed by atoms with Gasteiger partial charge in [0.15, 0.2) is 0 Å². The van der Waals surface area contributed by atoms with Gasteiger partial charge in [-0.3, -0.25) is 4.79 Å². The van der Waals surface area contributed by atoms with Crippen LogP contribution in [0.4, 0.5) is 13.2 Å². The molecule has 1 rings (SSSR count). The summed E-state index contributed by atoms with van der Waals surface area (Å²) in [6.07, 6.45) is -3.99. The molecule has 5 nitrogen and oxygen atoms in total. The average molecular weight is 195 g/mol. The number of hydrogen-bond acceptors (Lipinski definition) is 3. The van der Waals surface area contributed by atoms with Gasteiger partial charge in [0, 0.05) is 0 Å². The van der Waals surface area contributed by atoms with Gasteiger partial charge in [-0.25, -0.2) is 14.5 Å². The monoisotopic (exact) mass is 195 g/mol. The summed E-state index contributed by atoms with van der Waals surface area (Å²) in [5, 5.41) is 4.76. The molecule has 0 aromatic carbocycles. The van der Waals surface area contributed by atoms with Crippen molar-refractivity contribution >= 4 is 0 Å². The van der Waals surface area contributed by atoms with Gasteiger partial charge in [-0.05, 0) is 0 Å². The Morgan fingerprint density at radius 2 is 2.08 bits per heavy atom. The lowest BCUT2D eigenvalue weighted by molar-refractivity contribution is -0.142. The van der Waals surface area contributed by atoms with E-state index in [0.29, 0.717) is 6.20 Å². The summed E-state index contributed by atoms with van der Waals surface area (Å²) in [5.74, 6) is 0. The summed E-state index contributed by atoms with van der Waals surface area (Å²) in [6, 6.07) is 0. The summed E-state index contributed by atoms with van der Waals surface area (Å²) in [7, 11) is 0. The van der Waals surface area contributed by atoms with Crippen molar-refractivity contribution in [2.75, 3.05) is 0 Å². The molecule has 8 heteroatoms. The highest BCUT2D eigenvalue weighted by atomic mass is 19.4. The van der Waals surface area contributed by atoms with Crippen molar-refractivity contribution in [1.82, 2.24) is 14.8 Å². The number of nitrogens with one attached hydrogen (secondary N) is 1. The van der Waals surface area contributed by atoms with Gasteiger partial charge in [-0.2, -0.15) is 18.3 Å². The smallest absolute Gasteiger partial charge is 0.267 e. The van der Waals surface area contributed by atoms with Crippen LogP contribution in [0.25, 0.3) is 0 Å². The average Bonchev–Trinajstić information content (AvgIpc) is 1.95. The number of nitrogens with zero attached hydrogens (tertiary/aromatic N) is 2. The van der Waals surface area contributed by atoms with Gasteiger partial charge in [-0.1, -0.05) is 0 Å². The van der Waals surface area contributed by atoms with E-state index in [9.17, 15) is 22.8 Å². The Balaban J connectivity index is 3.16. The summed E-state index contributed by atoms with van der Waals surface area (Å²) in [6.45, 7) is -1.61. The van der Waals surface area contributed by atoms with Crippen LogP contribution in [0.1, 0.15) is 0 Å². The summed E-state index contributed by atoms with van der Waals surface area (Å²) < 4.78 is 35.3. The highest BCUT2D eigenvalue weighted by Gasteiger charge is 2.29. The predicted octanol–water partition coefficient (Wildman–Crippen LogP) is -0.506. The van der Waals surface area contributed by atoms with Gasteiger partial charge in [0.05, 0.1) is 0 Å². The fraction of sp³-hybridized carbons (Fsp3) is 0.400. The summed E-state index contributed by atoms with van der Waals surface area (Å²) in [5.41, 5.74) is -2.26. The quantitative estimate of drug-likeness (QED) is 0.656. The van der Waals surface area contributed by atoms with Crippen LogP contribution in [-0.4, -0.2) is 20.9 Å². The summed E-state index contributed by atoms with van der Waals surface area (Å²) in [4.78, 5) is 21.4. The van der Waals surface area contributed by atoms with E-state index < -0.39 is 24.0 Å². The number of rotatable bonds is 1. The van der Waals surface area contributed by atoms with E-state index in [1.807, 2.05) is 0 Å². The number of alkyl halides is 3. The Bertz CT molecular complexity index is 376. The molecular weight excluding hydrogens is 191 g/mol. The summed E-state index contributed by atoms with van der Waals surface area (Å²) >= 11 is 0. The highest BCUT2D eigenvalue weighted by Crippen LogP contribution is 2.14. The molecule has 0 aliphatic heterocycles. The number of hydrogen-bond donors (Lipinski definition) is 1. The van der Waals surface area contributed by atoms with Crippen LogP contribution in [0.5, 0.6) is 0 Å². The maximum Gasteiger partial charge on any atom is 0.406 e. The van der Waals surface area contributed by atoms with Crippen LogP contribution in [-0.2, 0) is 6.54 Å². The van der Waals surface area contributed by atoms with Gasteiger partial charge in [0.25, 0.3) is 5.56 Å². The Hall–Kier alpha value is -1.60. The van der Waals surface area contributed by atoms with Crippen molar-refractivity contribution in [1.29, 1.82) is 0 Å². The van der Waals surface area contributed by atoms with Gasteiger partial charge >= 0.3 is 11.9 Å². The van der Waals surface area contributed by atoms with Crippen molar-refractivity contribution in [3.05, 3.63) is 27.0 Å². The van der Waals surface area contributed by atoms with Crippen molar-refractivity contribution in [3.63, 3.8) is 0 Å². The van der Waals surface area contributed by atoms with Crippen LogP contribution >= 0.6 is 0 Å². The first-order chi connectivity index (χ1) is 5.90. The fourth-order valence-electron chi connectivity index (χ4n) is 0.702. The molecule has 0 aliphatic rings. The van der Waals surface area contributed by atoms with Gasteiger partial charge in [-0.15, -0.1) is 0 Å². The second-order valence-corrected chi connectivity index (χ2v) is 2.21.